The molecule has 3 aromatic rings. The zero-order valence-corrected chi connectivity index (χ0v) is 20.2. The van der Waals surface area contributed by atoms with E-state index in [2.05, 4.69) is 15.3 Å². The highest BCUT2D eigenvalue weighted by atomic mass is 16.4. The molecule has 0 radical (unpaired) electrons. The predicted octanol–water partition coefficient (Wildman–Crippen LogP) is 3.30. The molecule has 0 aliphatic heterocycles. The highest BCUT2D eigenvalue weighted by molar-refractivity contribution is 5.93. The number of carboxylic acid groups (broad SMARTS) is 2. The number of amides is 1. The molecule has 0 spiro atoms. The Hall–Kier alpha value is -4.11. The van der Waals surface area contributed by atoms with Crippen LogP contribution in [0.1, 0.15) is 66.7 Å². The Kier molecular flexibility index (Phi) is 7.40. The van der Waals surface area contributed by atoms with Crippen molar-refractivity contribution in [2.75, 3.05) is 6.54 Å². The lowest BCUT2D eigenvalue weighted by Crippen LogP contribution is -2.34. The van der Waals surface area contributed by atoms with Gasteiger partial charge in [-0.3, -0.25) is 14.5 Å². The molecule has 1 unspecified atom stereocenters. The summed E-state index contributed by atoms with van der Waals surface area (Å²) < 4.78 is 0. The van der Waals surface area contributed by atoms with E-state index in [1.807, 2.05) is 31.2 Å². The molecule has 1 heterocycles. The van der Waals surface area contributed by atoms with E-state index in [-0.39, 0.29) is 36.3 Å². The van der Waals surface area contributed by atoms with Crippen molar-refractivity contribution in [3.63, 3.8) is 0 Å². The Balaban J connectivity index is 1.58. The van der Waals surface area contributed by atoms with E-state index in [0.717, 1.165) is 22.3 Å². The van der Waals surface area contributed by atoms with Crippen LogP contribution in [-0.2, 0) is 24.3 Å². The van der Waals surface area contributed by atoms with E-state index in [1.165, 1.54) is 12.5 Å². The van der Waals surface area contributed by atoms with Crippen LogP contribution in [-0.4, -0.2) is 49.5 Å². The van der Waals surface area contributed by atoms with Gasteiger partial charge in [0.1, 0.15) is 12.0 Å². The van der Waals surface area contributed by atoms with Crippen molar-refractivity contribution in [2.45, 2.75) is 45.8 Å². The molecule has 1 aliphatic carbocycles. The van der Waals surface area contributed by atoms with E-state index in [4.69, 9.17) is 0 Å². The molecule has 1 amide bonds. The zero-order valence-electron chi connectivity index (χ0n) is 20.2. The van der Waals surface area contributed by atoms with Gasteiger partial charge in [-0.2, -0.15) is 0 Å². The van der Waals surface area contributed by atoms with Crippen LogP contribution in [0.5, 0.6) is 0 Å². The minimum Gasteiger partial charge on any atom is -0.480 e. The minimum absolute atomic E-state index is 0.157. The number of aromatic nitrogens is 2. The van der Waals surface area contributed by atoms with Crippen molar-refractivity contribution >= 4 is 17.8 Å². The Morgan fingerprint density at radius 2 is 1.94 bits per heavy atom. The lowest BCUT2D eigenvalue weighted by molar-refractivity contribution is -0.139. The number of hydrogen-bond acceptors (Lipinski definition) is 6. The number of aryl methyl sites for hydroxylation is 1. The molecule has 0 bridgehead atoms. The summed E-state index contributed by atoms with van der Waals surface area (Å²) >= 11 is 0. The second-order valence-corrected chi connectivity index (χ2v) is 9.03. The maximum Gasteiger partial charge on any atom is 0.335 e. The minimum atomic E-state index is -0.996. The quantitative estimate of drug-likeness (QED) is 0.418. The molecule has 1 aromatic heterocycles. The topological polar surface area (TPSA) is 133 Å². The average molecular weight is 489 g/mol. The Morgan fingerprint density at radius 3 is 2.67 bits per heavy atom. The molecule has 36 heavy (non-hydrogen) atoms. The molecule has 4 rings (SSSR count). The maximum atomic E-state index is 13.0. The van der Waals surface area contributed by atoms with Gasteiger partial charge in [-0.05, 0) is 55.0 Å². The third-order valence-electron chi connectivity index (χ3n) is 6.58. The lowest BCUT2D eigenvalue weighted by atomic mass is 9.97. The Morgan fingerprint density at radius 1 is 1.14 bits per heavy atom. The summed E-state index contributed by atoms with van der Waals surface area (Å²) in [4.78, 5) is 46.4. The number of carbonyl (C=O) groups excluding carboxylic acids is 1. The predicted molar refractivity (Wildman–Crippen MR) is 132 cm³/mol. The molecule has 1 atom stereocenters. The molecule has 2 aromatic carbocycles. The number of rotatable bonds is 9. The molecule has 3 N–H and O–H groups in total. The second-order valence-electron chi connectivity index (χ2n) is 9.03. The highest BCUT2D eigenvalue weighted by Crippen LogP contribution is 2.39. The molecule has 9 nitrogen and oxygen atoms in total. The van der Waals surface area contributed by atoms with Crippen LogP contribution in [0.3, 0.4) is 0 Å². The molecule has 186 valence electrons. The summed E-state index contributed by atoms with van der Waals surface area (Å²) in [6.07, 6.45) is 4.14. The summed E-state index contributed by atoms with van der Waals surface area (Å²) in [6, 6.07) is 10.9. The fourth-order valence-electron chi connectivity index (χ4n) is 4.90. The Bertz CT molecular complexity index is 1320. The summed E-state index contributed by atoms with van der Waals surface area (Å²) in [5, 5.41) is 22.0. The summed E-state index contributed by atoms with van der Waals surface area (Å²) in [5.41, 5.74) is 5.59. The monoisotopic (exact) mass is 488 g/mol. The fraction of sp³-hybridized carbons (Fsp3) is 0.296. The average Bonchev–Trinajstić information content (AvgIpc) is 3.27. The van der Waals surface area contributed by atoms with Gasteiger partial charge >= 0.3 is 11.9 Å². The number of carbonyl (C=O) groups is 3. The van der Waals surface area contributed by atoms with Crippen molar-refractivity contribution in [1.82, 2.24) is 20.2 Å². The standard InChI is InChI=1S/C27H28N4O5/c1-16-4-3-5-18(10-16)11-29-26(34)25-19(12-28-15-30-25)13-31(14-24(32)33)23-9-8-20-17(2)21(27(35)36)6-7-22(20)23/h3-7,10,12,15,23H,8-9,11,13-14H2,1-2H3,(H,29,34)(H,32,33)(H,35,36). The van der Waals surface area contributed by atoms with Gasteiger partial charge in [-0.25, -0.2) is 14.8 Å². The van der Waals surface area contributed by atoms with Crippen LogP contribution in [0, 0.1) is 13.8 Å². The van der Waals surface area contributed by atoms with Gasteiger partial charge in [0.25, 0.3) is 5.91 Å². The van der Waals surface area contributed by atoms with Crippen LogP contribution in [0.25, 0.3) is 0 Å². The van der Waals surface area contributed by atoms with Gasteiger partial charge < -0.3 is 15.5 Å². The second kappa shape index (κ2) is 10.7. The molecule has 1 aliphatic rings. The van der Waals surface area contributed by atoms with Gasteiger partial charge in [0, 0.05) is 30.9 Å². The molecular weight excluding hydrogens is 460 g/mol. The number of hydrogen-bond donors (Lipinski definition) is 3. The molecule has 0 fully saturated rings. The van der Waals surface area contributed by atoms with Gasteiger partial charge in [0.15, 0.2) is 0 Å². The van der Waals surface area contributed by atoms with Crippen LogP contribution < -0.4 is 5.32 Å². The largest absolute Gasteiger partial charge is 0.480 e. The van der Waals surface area contributed by atoms with Crippen LogP contribution >= 0.6 is 0 Å². The lowest BCUT2D eigenvalue weighted by Gasteiger charge is -2.28. The van der Waals surface area contributed by atoms with Crippen LogP contribution in [0.4, 0.5) is 0 Å². The third kappa shape index (κ3) is 5.41. The number of carboxylic acids is 2. The van der Waals surface area contributed by atoms with E-state index < -0.39 is 11.9 Å². The number of benzene rings is 2. The molecule has 0 saturated carbocycles. The number of fused-ring (bicyclic) bond motifs is 1. The number of nitrogens with zero attached hydrogens (tertiary/aromatic N) is 3. The first-order valence-corrected chi connectivity index (χ1v) is 11.7. The van der Waals surface area contributed by atoms with Gasteiger partial charge in [-0.1, -0.05) is 35.9 Å². The van der Waals surface area contributed by atoms with Gasteiger partial charge in [-0.15, -0.1) is 0 Å². The SMILES string of the molecule is Cc1cccc(CNC(=O)c2ncncc2CN(CC(=O)O)C2CCc3c2ccc(C(=O)O)c3C)c1. The van der Waals surface area contributed by atoms with Crippen molar-refractivity contribution in [2.24, 2.45) is 0 Å². The number of aromatic carboxylic acids is 1. The zero-order chi connectivity index (χ0) is 25.8. The molecular formula is C27H28N4O5. The first-order valence-electron chi connectivity index (χ1n) is 11.7. The van der Waals surface area contributed by atoms with Gasteiger partial charge in [0.2, 0.25) is 0 Å². The molecule has 0 saturated heterocycles. The van der Waals surface area contributed by atoms with E-state index >= 15 is 0 Å². The normalized spacial score (nSPS) is 14.5. The van der Waals surface area contributed by atoms with E-state index in [1.54, 1.807) is 24.0 Å². The van der Waals surface area contributed by atoms with Crippen molar-refractivity contribution < 1.29 is 24.6 Å². The Labute approximate surface area is 208 Å². The first kappa shape index (κ1) is 25.0. The highest BCUT2D eigenvalue weighted by Gasteiger charge is 2.32. The first-order chi connectivity index (χ1) is 17.2. The fourth-order valence-corrected chi connectivity index (χ4v) is 4.90. The van der Waals surface area contributed by atoms with Crippen LogP contribution in [0.2, 0.25) is 0 Å². The van der Waals surface area contributed by atoms with Crippen molar-refractivity contribution in [1.29, 1.82) is 0 Å². The summed E-state index contributed by atoms with van der Waals surface area (Å²) in [6.45, 7) is 4.02. The molecule has 9 heteroatoms. The smallest absolute Gasteiger partial charge is 0.335 e. The van der Waals surface area contributed by atoms with Gasteiger partial charge in [0.05, 0.1) is 12.1 Å². The van der Waals surface area contributed by atoms with Crippen LogP contribution in [0.15, 0.2) is 48.9 Å². The maximum absolute atomic E-state index is 13.0. The number of nitrogens with one attached hydrogen (secondary N) is 1. The summed E-state index contributed by atoms with van der Waals surface area (Å²) in [5.74, 6) is -2.34. The van der Waals surface area contributed by atoms with E-state index in [0.29, 0.717) is 30.5 Å². The van der Waals surface area contributed by atoms with Crippen molar-refractivity contribution in [3.8, 4) is 0 Å². The van der Waals surface area contributed by atoms with Crippen molar-refractivity contribution in [3.05, 3.63) is 93.6 Å². The number of aliphatic carboxylic acids is 1. The van der Waals surface area contributed by atoms with E-state index in [9.17, 15) is 24.6 Å². The summed E-state index contributed by atoms with van der Waals surface area (Å²) in [7, 11) is 0. The third-order valence-corrected chi connectivity index (χ3v) is 6.58.